The maximum Gasteiger partial charge on any atom is 0.339 e. The average molecular weight is 234 g/mol. The highest BCUT2D eigenvalue weighted by molar-refractivity contribution is 5.45. The molecule has 1 heterocycles. The number of hydrogen-bond donors (Lipinski definition) is 0. The third-order valence-corrected chi connectivity index (χ3v) is 3.18. The van der Waals surface area contributed by atoms with Crippen LogP contribution >= 0.6 is 0 Å². The number of ether oxygens (including phenoxy) is 1. The lowest BCUT2D eigenvalue weighted by atomic mass is 9.89. The summed E-state index contributed by atoms with van der Waals surface area (Å²) in [4.78, 5) is 11.2. The Balaban J connectivity index is 2.09. The highest BCUT2D eigenvalue weighted by Gasteiger charge is 2.10. The minimum atomic E-state index is -0.368. The molecular weight excluding hydrogens is 216 g/mol. The van der Waals surface area contributed by atoms with Crippen molar-refractivity contribution in [2.75, 3.05) is 7.11 Å². The Morgan fingerprint density at radius 3 is 2.76 bits per heavy atom. The molecule has 0 aliphatic heterocycles. The Morgan fingerprint density at radius 2 is 2.06 bits per heavy atom. The fraction of sp³-hybridized carbons (Fsp3) is 0.500. The molecule has 0 bridgehead atoms. The second-order valence-electron chi connectivity index (χ2n) is 4.48. The van der Waals surface area contributed by atoms with E-state index >= 15 is 0 Å². The Kier molecular flexibility index (Phi) is 4.02. The van der Waals surface area contributed by atoms with Crippen LogP contribution in [-0.2, 0) is 0 Å². The van der Waals surface area contributed by atoms with Gasteiger partial charge < -0.3 is 9.15 Å². The predicted octanol–water partition coefficient (Wildman–Crippen LogP) is 3.24. The molecule has 0 amide bonds. The van der Waals surface area contributed by atoms with Crippen LogP contribution in [0.5, 0.6) is 5.75 Å². The van der Waals surface area contributed by atoms with Gasteiger partial charge in [0.2, 0.25) is 0 Å². The van der Waals surface area contributed by atoms with E-state index in [1.807, 2.05) is 6.08 Å². The summed E-state index contributed by atoms with van der Waals surface area (Å²) in [6.07, 6.45) is 10.5. The fourth-order valence-corrected chi connectivity index (χ4v) is 2.23. The minimum Gasteiger partial charge on any atom is -0.496 e. The first-order chi connectivity index (χ1) is 8.28. The molecule has 92 valence electrons. The molecule has 1 fully saturated rings. The highest BCUT2D eigenvalue weighted by atomic mass is 16.5. The highest BCUT2D eigenvalue weighted by Crippen LogP contribution is 2.25. The molecule has 1 saturated carbocycles. The van der Waals surface area contributed by atoms with E-state index in [2.05, 4.69) is 6.08 Å². The molecule has 1 aromatic rings. The van der Waals surface area contributed by atoms with Crippen molar-refractivity contribution < 1.29 is 9.15 Å². The molecule has 0 spiro atoms. The first kappa shape index (κ1) is 12.0. The lowest BCUT2D eigenvalue weighted by Crippen LogP contribution is -2.03. The molecule has 1 aromatic heterocycles. The van der Waals surface area contributed by atoms with Crippen molar-refractivity contribution in [2.45, 2.75) is 32.1 Å². The van der Waals surface area contributed by atoms with Crippen molar-refractivity contribution in [2.24, 2.45) is 5.92 Å². The SMILES string of the molecule is COc1cc(/C=C/C2CCCCC2)oc(=O)c1. The maximum atomic E-state index is 11.2. The molecule has 0 radical (unpaired) electrons. The summed E-state index contributed by atoms with van der Waals surface area (Å²) < 4.78 is 10.1. The first-order valence-electron chi connectivity index (χ1n) is 6.15. The smallest absolute Gasteiger partial charge is 0.339 e. The third kappa shape index (κ3) is 3.48. The van der Waals surface area contributed by atoms with Crippen molar-refractivity contribution in [1.82, 2.24) is 0 Å². The molecule has 3 heteroatoms. The van der Waals surface area contributed by atoms with E-state index in [0.717, 1.165) is 0 Å². The van der Waals surface area contributed by atoms with E-state index in [9.17, 15) is 4.79 Å². The number of allylic oxidation sites excluding steroid dienone is 1. The Labute approximate surface area is 101 Å². The van der Waals surface area contributed by atoms with Crippen LogP contribution in [0.4, 0.5) is 0 Å². The van der Waals surface area contributed by atoms with Crippen LogP contribution in [0.1, 0.15) is 37.9 Å². The third-order valence-electron chi connectivity index (χ3n) is 3.18. The molecule has 1 aliphatic carbocycles. The van der Waals surface area contributed by atoms with E-state index in [1.54, 1.807) is 13.2 Å². The summed E-state index contributed by atoms with van der Waals surface area (Å²) in [7, 11) is 1.55. The van der Waals surface area contributed by atoms with E-state index < -0.39 is 0 Å². The lowest BCUT2D eigenvalue weighted by Gasteiger charge is -2.17. The van der Waals surface area contributed by atoms with Gasteiger partial charge in [-0.15, -0.1) is 0 Å². The molecule has 0 saturated heterocycles. The van der Waals surface area contributed by atoms with Gasteiger partial charge in [0.15, 0.2) is 0 Å². The monoisotopic (exact) mass is 234 g/mol. The summed E-state index contributed by atoms with van der Waals surface area (Å²) in [6, 6.07) is 3.08. The molecule has 0 unspecified atom stereocenters. The number of hydrogen-bond acceptors (Lipinski definition) is 3. The van der Waals surface area contributed by atoms with Crippen molar-refractivity contribution >= 4 is 6.08 Å². The van der Waals surface area contributed by atoms with Gasteiger partial charge in [-0.3, -0.25) is 0 Å². The Hall–Kier alpha value is -1.51. The first-order valence-corrected chi connectivity index (χ1v) is 6.15. The normalized spacial score (nSPS) is 17.5. The lowest BCUT2D eigenvalue weighted by molar-refractivity contribution is 0.400. The van der Waals surface area contributed by atoms with Gasteiger partial charge >= 0.3 is 5.63 Å². The molecule has 0 aromatic carbocycles. The van der Waals surface area contributed by atoms with Gasteiger partial charge in [-0.1, -0.05) is 25.3 Å². The van der Waals surface area contributed by atoms with Gasteiger partial charge in [0, 0.05) is 6.07 Å². The zero-order chi connectivity index (χ0) is 12.1. The van der Waals surface area contributed by atoms with Crippen molar-refractivity contribution in [3.05, 3.63) is 34.4 Å². The van der Waals surface area contributed by atoms with Crippen LogP contribution in [-0.4, -0.2) is 7.11 Å². The van der Waals surface area contributed by atoms with Crippen molar-refractivity contribution in [1.29, 1.82) is 0 Å². The molecule has 1 aliphatic rings. The molecule has 0 N–H and O–H groups in total. The number of methoxy groups -OCH3 is 1. The predicted molar refractivity (Wildman–Crippen MR) is 67.1 cm³/mol. The number of rotatable bonds is 3. The van der Waals surface area contributed by atoms with Crippen LogP contribution in [0.3, 0.4) is 0 Å². The van der Waals surface area contributed by atoms with Crippen molar-refractivity contribution in [3.63, 3.8) is 0 Å². The average Bonchev–Trinajstić information content (AvgIpc) is 2.37. The standard InChI is InChI=1S/C14H18O3/c1-16-13-9-12(17-14(15)10-13)8-7-11-5-3-2-4-6-11/h7-11H,2-6H2,1H3/b8-7+. The summed E-state index contributed by atoms with van der Waals surface area (Å²) in [5.41, 5.74) is -0.368. The van der Waals surface area contributed by atoms with E-state index in [4.69, 9.17) is 9.15 Å². The van der Waals surface area contributed by atoms with E-state index in [-0.39, 0.29) is 5.63 Å². The fourth-order valence-electron chi connectivity index (χ4n) is 2.23. The van der Waals surface area contributed by atoms with Crippen molar-refractivity contribution in [3.8, 4) is 5.75 Å². The molecular formula is C14H18O3. The van der Waals surface area contributed by atoms with Crippen LogP contribution in [0.15, 0.2) is 27.4 Å². The van der Waals surface area contributed by atoms with Crippen LogP contribution in [0, 0.1) is 5.92 Å². The summed E-state index contributed by atoms with van der Waals surface area (Å²) >= 11 is 0. The topological polar surface area (TPSA) is 39.4 Å². The summed E-state index contributed by atoms with van der Waals surface area (Å²) in [5, 5.41) is 0. The molecule has 3 nitrogen and oxygen atoms in total. The van der Waals surface area contributed by atoms with E-state index in [0.29, 0.717) is 17.4 Å². The Morgan fingerprint density at radius 1 is 1.29 bits per heavy atom. The van der Waals surface area contributed by atoms with Gasteiger partial charge in [0.25, 0.3) is 0 Å². The zero-order valence-corrected chi connectivity index (χ0v) is 10.1. The minimum absolute atomic E-state index is 0.368. The maximum absolute atomic E-state index is 11.2. The summed E-state index contributed by atoms with van der Waals surface area (Å²) in [5.74, 6) is 1.74. The second-order valence-corrected chi connectivity index (χ2v) is 4.48. The molecule has 17 heavy (non-hydrogen) atoms. The molecule has 0 atom stereocenters. The Bertz CT molecular complexity index is 439. The van der Waals surface area contributed by atoms with Crippen LogP contribution in [0.25, 0.3) is 6.08 Å². The van der Waals surface area contributed by atoms with Gasteiger partial charge in [-0.05, 0) is 24.8 Å². The van der Waals surface area contributed by atoms with Gasteiger partial charge in [-0.2, -0.15) is 0 Å². The summed E-state index contributed by atoms with van der Waals surface area (Å²) in [6.45, 7) is 0. The quantitative estimate of drug-likeness (QED) is 0.806. The largest absolute Gasteiger partial charge is 0.496 e. The van der Waals surface area contributed by atoms with E-state index in [1.165, 1.54) is 38.2 Å². The second kappa shape index (κ2) is 5.71. The molecule has 2 rings (SSSR count). The zero-order valence-electron chi connectivity index (χ0n) is 10.1. The van der Waals surface area contributed by atoms with Crippen LogP contribution in [0.2, 0.25) is 0 Å². The van der Waals surface area contributed by atoms with Gasteiger partial charge in [0.05, 0.1) is 13.2 Å². The van der Waals surface area contributed by atoms with Gasteiger partial charge in [-0.25, -0.2) is 4.79 Å². The van der Waals surface area contributed by atoms with Gasteiger partial charge in [0.1, 0.15) is 11.5 Å². The van der Waals surface area contributed by atoms with Crippen LogP contribution < -0.4 is 10.4 Å².